The summed E-state index contributed by atoms with van der Waals surface area (Å²) in [5, 5.41) is 2.97. The van der Waals surface area contributed by atoms with Crippen molar-refractivity contribution in [1.82, 2.24) is 5.32 Å². The molecule has 1 amide bonds. The van der Waals surface area contributed by atoms with E-state index >= 15 is 0 Å². The Kier molecular flexibility index (Phi) is 3.46. The topological polar surface area (TPSA) is 55.1 Å². The zero-order valence-electron chi connectivity index (χ0n) is 9.17. The van der Waals surface area contributed by atoms with Crippen molar-refractivity contribution in [3.63, 3.8) is 0 Å². The molecule has 1 aromatic carbocycles. The van der Waals surface area contributed by atoms with Crippen molar-refractivity contribution >= 4 is 23.2 Å². The van der Waals surface area contributed by atoms with Gasteiger partial charge >= 0.3 is 0 Å². The molecule has 0 saturated heterocycles. The molecule has 0 aromatic heterocycles. The number of nitrogens with two attached hydrogens (primary N) is 1. The van der Waals surface area contributed by atoms with E-state index in [0.29, 0.717) is 10.7 Å². The maximum atomic E-state index is 11.9. The molecule has 0 fully saturated rings. The van der Waals surface area contributed by atoms with Gasteiger partial charge in [0, 0.05) is 5.69 Å². The quantitative estimate of drug-likeness (QED) is 0.610. The zero-order chi connectivity index (χ0) is 12.3. The van der Waals surface area contributed by atoms with Crippen LogP contribution in [0.3, 0.4) is 0 Å². The van der Waals surface area contributed by atoms with Crippen LogP contribution in [0.2, 0.25) is 5.02 Å². The lowest BCUT2D eigenvalue weighted by atomic mass is 10.1. The number of nitrogens with one attached hydrogen (secondary N) is 1. The van der Waals surface area contributed by atoms with Crippen LogP contribution < -0.4 is 11.1 Å². The Morgan fingerprint density at radius 2 is 2.19 bits per heavy atom. The number of halogens is 1. The molecule has 0 heterocycles. The lowest BCUT2D eigenvalue weighted by Gasteiger charge is -2.20. The van der Waals surface area contributed by atoms with Gasteiger partial charge in [0.05, 0.1) is 16.1 Å². The standard InChI is InChI=1S/C12H13ClN2O/c1-4-12(2,3)15-11(16)10-8(13)6-5-7-9(10)14/h1,5-7H,14H2,2-3H3,(H,15,16). The average Bonchev–Trinajstić information content (AvgIpc) is 2.16. The molecule has 0 aliphatic heterocycles. The Bertz CT molecular complexity index is 440. The van der Waals surface area contributed by atoms with E-state index in [4.69, 9.17) is 23.8 Å². The maximum absolute atomic E-state index is 11.9. The third-order valence-electron chi connectivity index (χ3n) is 2.06. The van der Waals surface area contributed by atoms with Crippen molar-refractivity contribution < 1.29 is 4.79 Å². The molecule has 0 saturated carbocycles. The summed E-state index contributed by atoms with van der Waals surface area (Å²) in [7, 11) is 0. The number of amides is 1. The minimum absolute atomic E-state index is 0.257. The van der Waals surface area contributed by atoms with Crippen LogP contribution >= 0.6 is 11.6 Å². The van der Waals surface area contributed by atoms with Crippen molar-refractivity contribution in [2.45, 2.75) is 19.4 Å². The third-order valence-corrected chi connectivity index (χ3v) is 2.37. The Balaban J connectivity index is 3.04. The van der Waals surface area contributed by atoms with Gasteiger partial charge in [-0.2, -0.15) is 0 Å². The molecule has 0 unspecified atom stereocenters. The summed E-state index contributed by atoms with van der Waals surface area (Å²) in [4.78, 5) is 11.9. The summed E-state index contributed by atoms with van der Waals surface area (Å²) in [6.45, 7) is 3.44. The molecular formula is C12H13ClN2O. The second-order valence-corrected chi connectivity index (χ2v) is 4.33. The highest BCUT2D eigenvalue weighted by Gasteiger charge is 2.21. The molecule has 0 spiro atoms. The predicted octanol–water partition coefficient (Wildman–Crippen LogP) is 2.06. The van der Waals surface area contributed by atoms with Crippen molar-refractivity contribution in [1.29, 1.82) is 0 Å². The van der Waals surface area contributed by atoms with E-state index in [9.17, 15) is 4.79 Å². The molecule has 0 bridgehead atoms. The van der Waals surface area contributed by atoms with Crippen molar-refractivity contribution in [2.24, 2.45) is 0 Å². The van der Waals surface area contributed by atoms with Crippen molar-refractivity contribution in [3.05, 3.63) is 28.8 Å². The monoisotopic (exact) mass is 236 g/mol. The number of rotatable bonds is 2. The maximum Gasteiger partial charge on any atom is 0.256 e. The molecule has 3 N–H and O–H groups in total. The number of nitrogen functional groups attached to an aromatic ring is 1. The molecule has 3 nitrogen and oxygen atoms in total. The van der Waals surface area contributed by atoms with Gasteiger partial charge in [0.1, 0.15) is 0 Å². The molecule has 16 heavy (non-hydrogen) atoms. The fourth-order valence-electron chi connectivity index (χ4n) is 1.16. The second-order valence-electron chi connectivity index (χ2n) is 3.93. The highest BCUT2D eigenvalue weighted by atomic mass is 35.5. The highest BCUT2D eigenvalue weighted by molar-refractivity contribution is 6.34. The molecule has 1 rings (SSSR count). The molecule has 0 radical (unpaired) electrons. The molecule has 1 aromatic rings. The largest absolute Gasteiger partial charge is 0.398 e. The molecule has 0 atom stereocenters. The zero-order valence-corrected chi connectivity index (χ0v) is 9.93. The second kappa shape index (κ2) is 4.46. The Hall–Kier alpha value is -1.66. The van der Waals surface area contributed by atoms with Crippen LogP contribution in [-0.4, -0.2) is 11.4 Å². The van der Waals surface area contributed by atoms with Gasteiger partial charge in [-0.1, -0.05) is 23.6 Å². The van der Waals surface area contributed by atoms with Crippen LogP contribution in [0.1, 0.15) is 24.2 Å². The molecule has 84 valence electrons. The van der Waals surface area contributed by atoms with E-state index in [1.165, 1.54) is 0 Å². The summed E-state index contributed by atoms with van der Waals surface area (Å²) < 4.78 is 0. The number of hydrogen-bond acceptors (Lipinski definition) is 2. The van der Waals surface area contributed by atoms with Crippen LogP contribution in [0.5, 0.6) is 0 Å². The first-order valence-corrected chi connectivity index (χ1v) is 5.09. The number of terminal acetylenes is 1. The minimum atomic E-state index is -0.733. The fourth-order valence-corrected chi connectivity index (χ4v) is 1.43. The lowest BCUT2D eigenvalue weighted by molar-refractivity contribution is 0.0931. The van der Waals surface area contributed by atoms with Gasteiger partial charge in [-0.25, -0.2) is 0 Å². The summed E-state index contributed by atoms with van der Waals surface area (Å²) >= 11 is 5.90. The van der Waals surface area contributed by atoms with Crippen molar-refractivity contribution in [2.75, 3.05) is 5.73 Å². The minimum Gasteiger partial charge on any atom is -0.398 e. The average molecular weight is 237 g/mol. The Morgan fingerprint density at radius 3 is 2.69 bits per heavy atom. The number of carbonyl (C=O) groups excluding carboxylic acids is 1. The van der Waals surface area contributed by atoms with E-state index < -0.39 is 5.54 Å². The van der Waals surface area contributed by atoms with Gasteiger partial charge in [-0.15, -0.1) is 6.42 Å². The first-order valence-electron chi connectivity index (χ1n) is 4.71. The first kappa shape index (κ1) is 12.4. The normalized spacial score (nSPS) is 10.6. The van der Waals surface area contributed by atoms with Crippen LogP contribution in [0.25, 0.3) is 0 Å². The SMILES string of the molecule is C#CC(C)(C)NC(=O)c1c(N)cccc1Cl. The van der Waals surface area contributed by atoms with Gasteiger partial charge in [-0.05, 0) is 26.0 Å². The van der Waals surface area contributed by atoms with E-state index in [2.05, 4.69) is 11.2 Å². The van der Waals surface area contributed by atoms with Gasteiger partial charge in [0.25, 0.3) is 5.91 Å². The van der Waals surface area contributed by atoms with E-state index in [1.807, 2.05) is 0 Å². The van der Waals surface area contributed by atoms with E-state index in [0.717, 1.165) is 0 Å². The summed E-state index contributed by atoms with van der Waals surface area (Å²) in [5.74, 6) is 2.10. The molecule has 0 aliphatic rings. The smallest absolute Gasteiger partial charge is 0.256 e. The number of anilines is 1. The molecule has 0 aliphatic carbocycles. The predicted molar refractivity (Wildman–Crippen MR) is 66.2 cm³/mol. The summed E-state index contributed by atoms with van der Waals surface area (Å²) in [6, 6.07) is 4.90. The van der Waals surface area contributed by atoms with Crippen LogP contribution in [-0.2, 0) is 0 Å². The van der Waals surface area contributed by atoms with Crippen LogP contribution in [0.15, 0.2) is 18.2 Å². The summed E-state index contributed by atoms with van der Waals surface area (Å²) in [6.07, 6.45) is 5.28. The van der Waals surface area contributed by atoms with Gasteiger partial charge in [0.2, 0.25) is 0 Å². The first-order chi connectivity index (χ1) is 7.37. The van der Waals surface area contributed by atoms with Gasteiger partial charge in [0.15, 0.2) is 0 Å². The lowest BCUT2D eigenvalue weighted by Crippen LogP contribution is -2.42. The molecular weight excluding hydrogens is 224 g/mol. The highest BCUT2D eigenvalue weighted by Crippen LogP contribution is 2.22. The number of benzene rings is 1. The summed E-state index contributed by atoms with van der Waals surface area (Å²) in [5.41, 5.74) is 5.54. The van der Waals surface area contributed by atoms with Crippen molar-refractivity contribution in [3.8, 4) is 12.3 Å². The van der Waals surface area contributed by atoms with Crippen LogP contribution in [0.4, 0.5) is 5.69 Å². The van der Waals surface area contributed by atoms with Gasteiger partial charge < -0.3 is 11.1 Å². The number of carbonyl (C=O) groups is 1. The Labute approximate surface area is 100.0 Å². The molecule has 4 heteroatoms. The fraction of sp³-hybridized carbons (Fsp3) is 0.250. The number of hydrogen-bond donors (Lipinski definition) is 2. The van der Waals surface area contributed by atoms with E-state index in [-0.39, 0.29) is 11.5 Å². The van der Waals surface area contributed by atoms with E-state index in [1.54, 1.807) is 32.0 Å². The Morgan fingerprint density at radius 1 is 1.56 bits per heavy atom. The third kappa shape index (κ3) is 2.68. The van der Waals surface area contributed by atoms with Gasteiger partial charge in [-0.3, -0.25) is 4.79 Å². The van der Waals surface area contributed by atoms with Crippen LogP contribution in [0, 0.1) is 12.3 Å².